The van der Waals surface area contributed by atoms with Crippen LogP contribution in [0.3, 0.4) is 0 Å². The molecule has 0 atom stereocenters. The van der Waals surface area contributed by atoms with Crippen molar-refractivity contribution in [1.29, 1.82) is 0 Å². The standard InChI is InChI=1S/C24H20Br2N4O3S/c1-32-20-9-5-6-10-21(20)33-14-22-28-29-24(30(22)17-7-3-2-4-8-17)34-15-23(31)27-19-13-16(25)11-12-18(19)26/h2-13H,14-15H2,1H3,(H,27,31). The van der Waals surface area contributed by atoms with Crippen LogP contribution in [0, 0.1) is 0 Å². The molecule has 7 nitrogen and oxygen atoms in total. The number of nitrogens with one attached hydrogen (secondary N) is 1. The van der Waals surface area contributed by atoms with Crippen molar-refractivity contribution in [3.05, 3.63) is 87.6 Å². The number of hydrogen-bond donors (Lipinski definition) is 1. The molecule has 0 bridgehead atoms. The number of ether oxygens (including phenoxy) is 2. The molecule has 1 aromatic heterocycles. The minimum atomic E-state index is -0.154. The fraction of sp³-hybridized carbons (Fsp3) is 0.125. The summed E-state index contributed by atoms with van der Waals surface area (Å²) in [5.41, 5.74) is 1.57. The zero-order valence-corrected chi connectivity index (χ0v) is 22.1. The first kappa shape index (κ1) is 24.3. The van der Waals surface area contributed by atoms with Gasteiger partial charge in [-0.1, -0.05) is 58.0 Å². The number of aromatic nitrogens is 3. The number of para-hydroxylation sites is 3. The lowest BCUT2D eigenvalue weighted by Crippen LogP contribution is -2.15. The van der Waals surface area contributed by atoms with Gasteiger partial charge in [-0.25, -0.2) is 0 Å². The van der Waals surface area contributed by atoms with Gasteiger partial charge in [0.25, 0.3) is 0 Å². The highest BCUT2D eigenvalue weighted by atomic mass is 79.9. The van der Waals surface area contributed by atoms with E-state index in [1.807, 2.05) is 77.4 Å². The Bertz CT molecular complexity index is 1280. The lowest BCUT2D eigenvalue weighted by Gasteiger charge is -2.13. The van der Waals surface area contributed by atoms with Crippen molar-refractivity contribution in [2.75, 3.05) is 18.2 Å². The maximum absolute atomic E-state index is 12.6. The molecule has 0 spiro atoms. The molecule has 4 rings (SSSR count). The Morgan fingerprint density at radius 2 is 1.74 bits per heavy atom. The van der Waals surface area contributed by atoms with E-state index in [1.54, 1.807) is 7.11 Å². The molecule has 0 aliphatic heterocycles. The maximum Gasteiger partial charge on any atom is 0.234 e. The zero-order chi connectivity index (χ0) is 23.9. The third kappa shape index (κ3) is 5.99. The summed E-state index contributed by atoms with van der Waals surface area (Å²) in [5, 5.41) is 12.2. The molecule has 1 heterocycles. The van der Waals surface area contributed by atoms with E-state index in [-0.39, 0.29) is 18.3 Å². The molecule has 0 aliphatic carbocycles. The molecule has 0 saturated carbocycles. The van der Waals surface area contributed by atoms with E-state index in [0.29, 0.717) is 28.2 Å². The lowest BCUT2D eigenvalue weighted by atomic mass is 10.3. The number of thioether (sulfide) groups is 1. The van der Waals surface area contributed by atoms with Gasteiger partial charge in [0.05, 0.1) is 18.6 Å². The van der Waals surface area contributed by atoms with Gasteiger partial charge in [-0.15, -0.1) is 10.2 Å². The topological polar surface area (TPSA) is 78.3 Å². The molecule has 1 N–H and O–H groups in total. The number of carbonyl (C=O) groups excluding carboxylic acids is 1. The number of benzene rings is 3. The molecule has 10 heteroatoms. The largest absolute Gasteiger partial charge is 0.493 e. The van der Waals surface area contributed by atoms with E-state index in [0.717, 1.165) is 14.6 Å². The summed E-state index contributed by atoms with van der Waals surface area (Å²) in [6.45, 7) is 0.181. The second-order valence-corrected chi connectivity index (χ2v) is 9.68. The first-order valence-electron chi connectivity index (χ1n) is 10.2. The molecular formula is C24H20Br2N4O3S. The van der Waals surface area contributed by atoms with Crippen molar-refractivity contribution >= 4 is 55.2 Å². The van der Waals surface area contributed by atoms with E-state index in [9.17, 15) is 4.79 Å². The van der Waals surface area contributed by atoms with E-state index >= 15 is 0 Å². The van der Waals surface area contributed by atoms with Gasteiger partial charge in [0.1, 0.15) is 6.61 Å². The average Bonchev–Trinajstić information content (AvgIpc) is 3.27. The number of anilines is 1. The molecular weight excluding hydrogens is 584 g/mol. The molecule has 4 aromatic rings. The molecule has 1 amide bonds. The zero-order valence-electron chi connectivity index (χ0n) is 18.1. The third-order valence-electron chi connectivity index (χ3n) is 4.68. The number of amides is 1. The minimum Gasteiger partial charge on any atom is -0.493 e. The van der Waals surface area contributed by atoms with Crippen molar-refractivity contribution in [3.63, 3.8) is 0 Å². The summed E-state index contributed by atoms with van der Waals surface area (Å²) in [6.07, 6.45) is 0. The Kier molecular flexibility index (Phi) is 8.25. The summed E-state index contributed by atoms with van der Waals surface area (Å²) < 4.78 is 14.9. The van der Waals surface area contributed by atoms with Crippen LogP contribution in [0.2, 0.25) is 0 Å². The summed E-state index contributed by atoms with van der Waals surface area (Å²) in [5.74, 6) is 1.86. The Balaban J connectivity index is 1.51. The van der Waals surface area contributed by atoms with E-state index in [2.05, 4.69) is 47.4 Å². The Labute approximate surface area is 218 Å². The van der Waals surface area contributed by atoms with Crippen LogP contribution < -0.4 is 14.8 Å². The highest BCUT2D eigenvalue weighted by Crippen LogP contribution is 2.29. The van der Waals surface area contributed by atoms with Gasteiger partial charge in [0, 0.05) is 14.6 Å². The second kappa shape index (κ2) is 11.5. The normalized spacial score (nSPS) is 10.7. The van der Waals surface area contributed by atoms with Gasteiger partial charge >= 0.3 is 0 Å². The smallest absolute Gasteiger partial charge is 0.234 e. The van der Waals surface area contributed by atoms with Crippen molar-refractivity contribution in [1.82, 2.24) is 14.8 Å². The van der Waals surface area contributed by atoms with E-state index in [1.165, 1.54) is 11.8 Å². The van der Waals surface area contributed by atoms with Crippen LogP contribution in [-0.2, 0) is 11.4 Å². The van der Waals surface area contributed by atoms with Crippen molar-refractivity contribution < 1.29 is 14.3 Å². The van der Waals surface area contributed by atoms with E-state index in [4.69, 9.17) is 9.47 Å². The SMILES string of the molecule is COc1ccccc1OCc1nnc(SCC(=O)Nc2cc(Br)ccc2Br)n1-c1ccccc1. The first-order chi connectivity index (χ1) is 16.5. The quantitative estimate of drug-likeness (QED) is 0.233. The van der Waals surface area contributed by atoms with Crippen molar-refractivity contribution in [2.45, 2.75) is 11.8 Å². The summed E-state index contributed by atoms with van der Waals surface area (Å²) in [4.78, 5) is 12.6. The molecule has 0 radical (unpaired) electrons. The number of halogens is 2. The van der Waals surface area contributed by atoms with Crippen LogP contribution in [0.5, 0.6) is 11.5 Å². The fourth-order valence-corrected chi connectivity index (χ4v) is 4.59. The van der Waals surface area contributed by atoms with Gasteiger partial charge < -0.3 is 14.8 Å². The van der Waals surface area contributed by atoms with Crippen LogP contribution in [0.25, 0.3) is 5.69 Å². The van der Waals surface area contributed by atoms with Crippen LogP contribution in [0.1, 0.15) is 5.82 Å². The van der Waals surface area contributed by atoms with Gasteiger partial charge in [-0.3, -0.25) is 9.36 Å². The highest BCUT2D eigenvalue weighted by molar-refractivity contribution is 9.11. The highest BCUT2D eigenvalue weighted by Gasteiger charge is 2.17. The van der Waals surface area contributed by atoms with Crippen LogP contribution in [0.15, 0.2) is 86.9 Å². The monoisotopic (exact) mass is 602 g/mol. The van der Waals surface area contributed by atoms with Gasteiger partial charge in [0.2, 0.25) is 5.91 Å². The average molecular weight is 604 g/mol. The second-order valence-electron chi connectivity index (χ2n) is 6.97. The lowest BCUT2D eigenvalue weighted by molar-refractivity contribution is -0.113. The van der Waals surface area contributed by atoms with Gasteiger partial charge in [0.15, 0.2) is 22.5 Å². The number of hydrogen-bond acceptors (Lipinski definition) is 6. The molecule has 0 aliphatic rings. The predicted octanol–water partition coefficient (Wildman–Crippen LogP) is 6.11. The molecule has 3 aromatic carbocycles. The fourth-order valence-electron chi connectivity index (χ4n) is 3.11. The van der Waals surface area contributed by atoms with Gasteiger partial charge in [-0.05, 0) is 58.4 Å². The van der Waals surface area contributed by atoms with E-state index < -0.39 is 0 Å². The predicted molar refractivity (Wildman–Crippen MR) is 140 cm³/mol. The molecule has 0 unspecified atom stereocenters. The molecule has 34 heavy (non-hydrogen) atoms. The summed E-state index contributed by atoms with van der Waals surface area (Å²) in [7, 11) is 1.60. The van der Waals surface area contributed by atoms with Crippen LogP contribution >= 0.6 is 43.6 Å². The molecule has 0 fully saturated rings. The number of rotatable bonds is 9. The van der Waals surface area contributed by atoms with Gasteiger partial charge in [-0.2, -0.15) is 0 Å². The maximum atomic E-state index is 12.6. The Morgan fingerprint density at radius 3 is 2.50 bits per heavy atom. The summed E-state index contributed by atoms with van der Waals surface area (Å²) >= 11 is 8.18. The molecule has 0 saturated heterocycles. The minimum absolute atomic E-state index is 0.154. The van der Waals surface area contributed by atoms with Crippen LogP contribution in [-0.4, -0.2) is 33.5 Å². The Hall–Kier alpha value is -2.82. The third-order valence-corrected chi connectivity index (χ3v) is 6.79. The van der Waals surface area contributed by atoms with Crippen molar-refractivity contribution in [2.24, 2.45) is 0 Å². The summed E-state index contributed by atoms with van der Waals surface area (Å²) in [6, 6.07) is 22.8. The van der Waals surface area contributed by atoms with Crippen molar-refractivity contribution in [3.8, 4) is 17.2 Å². The van der Waals surface area contributed by atoms with Crippen LogP contribution in [0.4, 0.5) is 5.69 Å². The Morgan fingerprint density at radius 1 is 1.00 bits per heavy atom. The molecule has 174 valence electrons. The number of nitrogens with zero attached hydrogens (tertiary/aromatic N) is 3. The number of methoxy groups -OCH3 is 1. The first-order valence-corrected chi connectivity index (χ1v) is 12.8. The number of carbonyl (C=O) groups is 1.